The summed E-state index contributed by atoms with van der Waals surface area (Å²) in [7, 11) is 1.63. The molecule has 0 aliphatic carbocycles. The molecule has 0 saturated carbocycles. The van der Waals surface area contributed by atoms with Gasteiger partial charge in [-0.25, -0.2) is 0 Å². The maximum atomic E-state index is 6.16. The molecule has 20 heavy (non-hydrogen) atoms. The van der Waals surface area contributed by atoms with Gasteiger partial charge >= 0.3 is 0 Å². The smallest absolute Gasteiger partial charge is 0.171 e. The summed E-state index contributed by atoms with van der Waals surface area (Å²) in [6, 6.07) is 11.2. The van der Waals surface area contributed by atoms with Crippen LogP contribution in [0.2, 0.25) is 0 Å². The topological polar surface area (TPSA) is 57.6 Å². The van der Waals surface area contributed by atoms with Crippen LogP contribution in [0.15, 0.2) is 40.8 Å². The van der Waals surface area contributed by atoms with Crippen LogP contribution in [-0.4, -0.2) is 13.2 Å². The lowest BCUT2D eigenvalue weighted by molar-refractivity contribution is 0.143. The van der Waals surface area contributed by atoms with Crippen molar-refractivity contribution in [2.75, 3.05) is 7.11 Å². The molecule has 1 aromatic carbocycles. The first-order valence-corrected chi connectivity index (χ1v) is 6.76. The zero-order chi connectivity index (χ0) is 14.5. The zero-order valence-corrected chi connectivity index (χ0v) is 12.1. The van der Waals surface area contributed by atoms with E-state index in [0.29, 0.717) is 5.75 Å². The van der Waals surface area contributed by atoms with E-state index in [0.717, 1.165) is 23.7 Å². The molecular weight excluding hydrogens is 254 g/mol. The number of nitrogens with two attached hydrogens (primary N) is 1. The number of rotatable bonds is 6. The maximum Gasteiger partial charge on any atom is 0.171 e. The minimum Gasteiger partial charge on any atom is -0.497 e. The van der Waals surface area contributed by atoms with E-state index in [-0.39, 0.29) is 12.1 Å². The highest BCUT2D eigenvalue weighted by molar-refractivity contribution is 5.33. The van der Waals surface area contributed by atoms with Crippen LogP contribution < -0.4 is 15.2 Å². The number of methoxy groups -OCH3 is 1. The second kappa shape index (κ2) is 6.48. The van der Waals surface area contributed by atoms with Crippen molar-refractivity contribution in [2.45, 2.75) is 32.4 Å². The molecule has 0 aliphatic heterocycles. The highest BCUT2D eigenvalue weighted by Gasteiger charge is 2.23. The van der Waals surface area contributed by atoms with Crippen LogP contribution in [0.4, 0.5) is 0 Å². The van der Waals surface area contributed by atoms with Crippen LogP contribution in [0.1, 0.15) is 31.0 Å². The molecule has 0 aliphatic rings. The molecule has 0 spiro atoms. The fourth-order valence-electron chi connectivity index (χ4n) is 2.00. The molecule has 2 atom stereocenters. The molecule has 4 heteroatoms. The second-order valence-electron chi connectivity index (χ2n) is 4.74. The lowest BCUT2D eigenvalue weighted by Crippen LogP contribution is -2.31. The minimum absolute atomic E-state index is 0.133. The molecule has 0 saturated heterocycles. The standard InChI is InChI=1S/C16H21NO3/c1-4-14(17)16(15-9-8-11(2)19-15)20-13-7-5-6-12(10-13)18-3/h5-10,14,16H,4,17H2,1-3H3. The average Bonchev–Trinajstić information content (AvgIpc) is 2.90. The number of furan rings is 1. The van der Waals surface area contributed by atoms with E-state index in [2.05, 4.69) is 0 Å². The Morgan fingerprint density at radius 2 is 1.95 bits per heavy atom. The Morgan fingerprint density at radius 3 is 2.55 bits per heavy atom. The summed E-state index contributed by atoms with van der Waals surface area (Å²) in [5, 5.41) is 0. The van der Waals surface area contributed by atoms with Gasteiger partial charge in [-0.2, -0.15) is 0 Å². The monoisotopic (exact) mass is 275 g/mol. The van der Waals surface area contributed by atoms with E-state index in [4.69, 9.17) is 19.6 Å². The summed E-state index contributed by atoms with van der Waals surface area (Å²) in [5.74, 6) is 3.07. The average molecular weight is 275 g/mol. The van der Waals surface area contributed by atoms with Crippen LogP contribution in [0.25, 0.3) is 0 Å². The van der Waals surface area contributed by atoms with Gasteiger partial charge in [-0.1, -0.05) is 13.0 Å². The molecular formula is C16H21NO3. The van der Waals surface area contributed by atoms with E-state index >= 15 is 0 Å². The molecule has 2 unspecified atom stereocenters. The van der Waals surface area contributed by atoms with Gasteiger partial charge in [0.15, 0.2) is 6.10 Å². The molecule has 1 heterocycles. The first-order chi connectivity index (χ1) is 9.63. The van der Waals surface area contributed by atoms with Gasteiger partial charge in [-0.3, -0.25) is 0 Å². The molecule has 108 valence electrons. The lowest BCUT2D eigenvalue weighted by Gasteiger charge is -2.22. The van der Waals surface area contributed by atoms with E-state index in [1.54, 1.807) is 7.11 Å². The zero-order valence-electron chi connectivity index (χ0n) is 12.1. The van der Waals surface area contributed by atoms with Crippen molar-refractivity contribution >= 4 is 0 Å². The quantitative estimate of drug-likeness (QED) is 0.877. The molecule has 0 fully saturated rings. The van der Waals surface area contributed by atoms with Crippen LogP contribution >= 0.6 is 0 Å². The predicted octanol–water partition coefficient (Wildman–Crippen LogP) is 3.45. The number of aryl methyl sites for hydroxylation is 1. The maximum absolute atomic E-state index is 6.16. The van der Waals surface area contributed by atoms with Gasteiger partial charge in [-0.05, 0) is 37.6 Å². The highest BCUT2D eigenvalue weighted by atomic mass is 16.5. The SMILES string of the molecule is CCC(N)C(Oc1cccc(OC)c1)c1ccc(C)o1. The second-order valence-corrected chi connectivity index (χ2v) is 4.74. The number of hydrogen-bond donors (Lipinski definition) is 1. The van der Waals surface area contributed by atoms with Crippen LogP contribution in [-0.2, 0) is 0 Å². The Bertz CT molecular complexity index is 550. The Labute approximate surface area is 119 Å². The van der Waals surface area contributed by atoms with Crippen molar-refractivity contribution in [3.8, 4) is 11.5 Å². The molecule has 2 aromatic rings. The van der Waals surface area contributed by atoms with Gasteiger partial charge in [0.1, 0.15) is 23.0 Å². The Balaban J connectivity index is 2.23. The summed E-state index contributed by atoms with van der Waals surface area (Å²) in [6.45, 7) is 3.94. The van der Waals surface area contributed by atoms with E-state index in [9.17, 15) is 0 Å². The molecule has 2 N–H and O–H groups in total. The largest absolute Gasteiger partial charge is 0.497 e. The number of hydrogen-bond acceptors (Lipinski definition) is 4. The molecule has 1 aromatic heterocycles. The molecule has 0 bridgehead atoms. The molecule has 2 rings (SSSR count). The van der Waals surface area contributed by atoms with E-state index in [1.165, 1.54) is 0 Å². The Morgan fingerprint density at radius 1 is 1.20 bits per heavy atom. The first kappa shape index (κ1) is 14.5. The normalized spacial score (nSPS) is 13.8. The van der Waals surface area contributed by atoms with Crippen LogP contribution in [0.3, 0.4) is 0 Å². The van der Waals surface area contributed by atoms with Gasteiger partial charge in [0.2, 0.25) is 0 Å². The predicted molar refractivity (Wildman–Crippen MR) is 78.1 cm³/mol. The van der Waals surface area contributed by atoms with Gasteiger partial charge in [-0.15, -0.1) is 0 Å². The molecule has 0 radical (unpaired) electrons. The van der Waals surface area contributed by atoms with Crippen molar-refractivity contribution in [3.05, 3.63) is 47.9 Å². The van der Waals surface area contributed by atoms with Crippen molar-refractivity contribution in [2.24, 2.45) is 5.73 Å². The minimum atomic E-state index is -0.305. The summed E-state index contributed by atoms with van der Waals surface area (Å²) < 4.78 is 16.9. The third-order valence-electron chi connectivity index (χ3n) is 3.21. The third-order valence-corrected chi connectivity index (χ3v) is 3.21. The summed E-state index contributed by atoms with van der Waals surface area (Å²) in [5.41, 5.74) is 6.16. The first-order valence-electron chi connectivity index (χ1n) is 6.76. The van der Waals surface area contributed by atoms with Gasteiger partial charge in [0, 0.05) is 12.1 Å². The summed E-state index contributed by atoms with van der Waals surface area (Å²) in [4.78, 5) is 0. The number of benzene rings is 1. The van der Waals surface area contributed by atoms with E-state index < -0.39 is 0 Å². The lowest BCUT2D eigenvalue weighted by atomic mass is 10.1. The van der Waals surface area contributed by atoms with Crippen LogP contribution in [0, 0.1) is 6.92 Å². The molecule has 0 amide bonds. The van der Waals surface area contributed by atoms with Gasteiger partial charge in [0.05, 0.1) is 7.11 Å². The Hall–Kier alpha value is -1.94. The number of ether oxygens (including phenoxy) is 2. The Kier molecular flexibility index (Phi) is 4.69. The fraction of sp³-hybridized carbons (Fsp3) is 0.375. The van der Waals surface area contributed by atoms with E-state index in [1.807, 2.05) is 50.2 Å². The molecule has 4 nitrogen and oxygen atoms in total. The summed E-state index contributed by atoms with van der Waals surface area (Å²) in [6.07, 6.45) is 0.495. The fourth-order valence-corrected chi connectivity index (χ4v) is 2.00. The van der Waals surface area contributed by atoms with Crippen molar-refractivity contribution in [1.29, 1.82) is 0 Å². The van der Waals surface area contributed by atoms with Gasteiger partial charge in [0.25, 0.3) is 0 Å². The van der Waals surface area contributed by atoms with Crippen LogP contribution in [0.5, 0.6) is 11.5 Å². The van der Waals surface area contributed by atoms with Crippen molar-refractivity contribution in [3.63, 3.8) is 0 Å². The van der Waals surface area contributed by atoms with Crippen molar-refractivity contribution < 1.29 is 13.9 Å². The third kappa shape index (κ3) is 3.33. The summed E-state index contributed by atoms with van der Waals surface area (Å²) >= 11 is 0. The van der Waals surface area contributed by atoms with Gasteiger partial charge < -0.3 is 19.6 Å². The van der Waals surface area contributed by atoms with Crippen molar-refractivity contribution in [1.82, 2.24) is 0 Å². The highest BCUT2D eigenvalue weighted by Crippen LogP contribution is 2.28.